The molecule has 0 atom stereocenters. The number of aromatic nitrogens is 1. The molecule has 2 rings (SSSR count). The van der Waals surface area contributed by atoms with Gasteiger partial charge in [-0.25, -0.2) is 0 Å². The second-order valence-electron chi connectivity index (χ2n) is 3.86. The molecular weight excluding hydrogens is 257 g/mol. The van der Waals surface area contributed by atoms with Crippen molar-refractivity contribution in [3.63, 3.8) is 0 Å². The van der Waals surface area contributed by atoms with Gasteiger partial charge in [0.25, 0.3) is 5.56 Å². The summed E-state index contributed by atoms with van der Waals surface area (Å²) in [6.07, 6.45) is 1.75. The van der Waals surface area contributed by atoms with Gasteiger partial charge in [0.15, 0.2) is 0 Å². The number of benzene rings is 1. The van der Waals surface area contributed by atoms with Gasteiger partial charge < -0.3 is 4.57 Å². The van der Waals surface area contributed by atoms with Crippen LogP contribution in [0.15, 0.2) is 41.3 Å². The molecule has 0 aliphatic heterocycles. The Morgan fingerprint density at radius 3 is 2.71 bits per heavy atom. The summed E-state index contributed by atoms with van der Waals surface area (Å²) in [5.41, 5.74) is 1.60. The van der Waals surface area contributed by atoms with E-state index in [1.165, 1.54) is 0 Å². The fourth-order valence-corrected chi connectivity index (χ4v) is 2.08. The van der Waals surface area contributed by atoms with Crippen molar-refractivity contribution < 1.29 is 0 Å². The molecular formula is C13H11Cl2NO. The van der Waals surface area contributed by atoms with Gasteiger partial charge in [0, 0.05) is 21.8 Å². The molecule has 0 saturated carbocycles. The molecule has 1 aromatic heterocycles. The molecule has 0 bridgehead atoms. The molecule has 0 unspecified atom stereocenters. The Bertz CT molecular complexity index is 605. The van der Waals surface area contributed by atoms with Crippen LogP contribution in [0.1, 0.15) is 11.1 Å². The first kappa shape index (κ1) is 12.2. The molecule has 0 N–H and O–H groups in total. The lowest BCUT2D eigenvalue weighted by molar-refractivity contribution is 0.753. The predicted octanol–water partition coefficient (Wildman–Crippen LogP) is 3.51. The number of hydrogen-bond donors (Lipinski definition) is 0. The average molecular weight is 268 g/mol. The van der Waals surface area contributed by atoms with Crippen LogP contribution in [0.4, 0.5) is 0 Å². The molecule has 4 heteroatoms. The first-order chi connectivity index (χ1) is 8.08. The summed E-state index contributed by atoms with van der Waals surface area (Å²) in [5.74, 6) is 0. The third kappa shape index (κ3) is 2.71. The molecule has 88 valence electrons. The van der Waals surface area contributed by atoms with Crippen LogP contribution in [0.25, 0.3) is 0 Å². The maximum atomic E-state index is 11.8. The van der Waals surface area contributed by atoms with E-state index in [4.69, 9.17) is 23.2 Å². The van der Waals surface area contributed by atoms with Crippen LogP contribution in [0.2, 0.25) is 10.0 Å². The zero-order valence-electron chi connectivity index (χ0n) is 9.28. The van der Waals surface area contributed by atoms with Gasteiger partial charge in [-0.2, -0.15) is 0 Å². The van der Waals surface area contributed by atoms with Crippen LogP contribution >= 0.6 is 23.2 Å². The number of halogens is 2. The van der Waals surface area contributed by atoms with Gasteiger partial charge in [-0.05, 0) is 30.7 Å². The molecule has 1 heterocycles. The molecule has 0 aliphatic rings. The lowest BCUT2D eigenvalue weighted by atomic mass is 10.2. The number of nitrogens with zero attached hydrogens (tertiary/aromatic N) is 1. The zero-order chi connectivity index (χ0) is 12.4. The van der Waals surface area contributed by atoms with E-state index in [1.807, 2.05) is 12.1 Å². The van der Waals surface area contributed by atoms with Crippen LogP contribution in [0, 0.1) is 6.92 Å². The smallest absolute Gasteiger partial charge is 0.253 e. The summed E-state index contributed by atoms with van der Waals surface area (Å²) in [4.78, 5) is 11.8. The summed E-state index contributed by atoms with van der Waals surface area (Å²) >= 11 is 11.9. The van der Waals surface area contributed by atoms with E-state index >= 15 is 0 Å². The maximum absolute atomic E-state index is 11.8. The fraction of sp³-hybridized carbons (Fsp3) is 0.154. The molecule has 0 aliphatic carbocycles. The van der Waals surface area contributed by atoms with Gasteiger partial charge in [-0.3, -0.25) is 4.79 Å². The van der Waals surface area contributed by atoms with E-state index in [0.717, 1.165) is 11.1 Å². The van der Waals surface area contributed by atoms with Crippen LogP contribution in [-0.4, -0.2) is 4.57 Å². The Balaban J connectivity index is 2.38. The monoisotopic (exact) mass is 267 g/mol. The Morgan fingerprint density at radius 2 is 2.00 bits per heavy atom. The van der Waals surface area contributed by atoms with Gasteiger partial charge in [0.2, 0.25) is 0 Å². The van der Waals surface area contributed by atoms with Gasteiger partial charge in [-0.1, -0.05) is 35.3 Å². The number of pyridine rings is 1. The van der Waals surface area contributed by atoms with E-state index in [-0.39, 0.29) is 5.56 Å². The second-order valence-corrected chi connectivity index (χ2v) is 4.70. The largest absolute Gasteiger partial charge is 0.311 e. The van der Waals surface area contributed by atoms with Crippen molar-refractivity contribution in [2.45, 2.75) is 13.5 Å². The highest BCUT2D eigenvalue weighted by Crippen LogP contribution is 2.21. The number of rotatable bonds is 2. The van der Waals surface area contributed by atoms with Gasteiger partial charge in [-0.15, -0.1) is 0 Å². The normalized spacial score (nSPS) is 10.5. The SMILES string of the molecule is Cc1cccn(Cc2ccc(Cl)cc2Cl)c1=O. The van der Waals surface area contributed by atoms with E-state index in [0.29, 0.717) is 16.6 Å². The zero-order valence-corrected chi connectivity index (χ0v) is 10.8. The first-order valence-electron chi connectivity index (χ1n) is 5.18. The molecule has 2 nitrogen and oxygen atoms in total. The van der Waals surface area contributed by atoms with Crippen molar-refractivity contribution in [3.8, 4) is 0 Å². The van der Waals surface area contributed by atoms with Gasteiger partial charge in [0.1, 0.15) is 0 Å². The van der Waals surface area contributed by atoms with Crippen molar-refractivity contribution in [1.82, 2.24) is 4.57 Å². The molecule has 0 spiro atoms. The first-order valence-corrected chi connectivity index (χ1v) is 5.93. The summed E-state index contributed by atoms with van der Waals surface area (Å²) in [7, 11) is 0. The van der Waals surface area contributed by atoms with Gasteiger partial charge in [0.05, 0.1) is 6.54 Å². The quantitative estimate of drug-likeness (QED) is 0.816. The topological polar surface area (TPSA) is 22.0 Å². The van der Waals surface area contributed by atoms with Crippen molar-refractivity contribution in [2.24, 2.45) is 0 Å². The summed E-state index contributed by atoms with van der Waals surface area (Å²) in [6, 6.07) is 8.92. The Morgan fingerprint density at radius 1 is 1.24 bits per heavy atom. The van der Waals surface area contributed by atoms with Crippen molar-refractivity contribution in [1.29, 1.82) is 0 Å². The van der Waals surface area contributed by atoms with E-state index in [9.17, 15) is 4.79 Å². The van der Waals surface area contributed by atoms with Crippen molar-refractivity contribution in [3.05, 3.63) is 68.1 Å². The predicted molar refractivity (Wildman–Crippen MR) is 71.0 cm³/mol. The van der Waals surface area contributed by atoms with Crippen molar-refractivity contribution >= 4 is 23.2 Å². The van der Waals surface area contributed by atoms with E-state index in [1.54, 1.807) is 35.9 Å². The average Bonchev–Trinajstić information content (AvgIpc) is 2.28. The minimum Gasteiger partial charge on any atom is -0.311 e. The third-order valence-electron chi connectivity index (χ3n) is 2.57. The highest BCUT2D eigenvalue weighted by atomic mass is 35.5. The second kappa shape index (κ2) is 4.94. The fourth-order valence-electron chi connectivity index (χ4n) is 1.61. The van der Waals surface area contributed by atoms with Gasteiger partial charge >= 0.3 is 0 Å². The minimum absolute atomic E-state index is 0.00137. The molecule has 2 aromatic rings. The molecule has 0 radical (unpaired) electrons. The lowest BCUT2D eigenvalue weighted by Gasteiger charge is -2.08. The van der Waals surface area contributed by atoms with Crippen LogP contribution in [-0.2, 0) is 6.54 Å². The standard InChI is InChI=1S/C13H11Cl2NO/c1-9-3-2-6-16(13(9)17)8-10-4-5-11(14)7-12(10)15/h2-7H,8H2,1H3. The summed E-state index contributed by atoms with van der Waals surface area (Å²) in [6.45, 7) is 2.25. The molecule has 1 aromatic carbocycles. The third-order valence-corrected chi connectivity index (χ3v) is 3.15. The molecule has 0 fully saturated rings. The lowest BCUT2D eigenvalue weighted by Crippen LogP contribution is -2.21. The highest BCUT2D eigenvalue weighted by Gasteiger charge is 2.04. The number of aryl methyl sites for hydroxylation is 1. The van der Waals surface area contributed by atoms with Crippen LogP contribution < -0.4 is 5.56 Å². The summed E-state index contributed by atoms with van der Waals surface area (Å²) in [5, 5.41) is 1.17. The Hall–Kier alpha value is -1.25. The molecule has 0 saturated heterocycles. The molecule has 17 heavy (non-hydrogen) atoms. The Labute approximate surface area is 109 Å². The Kier molecular flexibility index (Phi) is 3.55. The van der Waals surface area contributed by atoms with Crippen molar-refractivity contribution in [2.75, 3.05) is 0 Å². The highest BCUT2D eigenvalue weighted by molar-refractivity contribution is 6.35. The van der Waals surface area contributed by atoms with E-state index in [2.05, 4.69) is 0 Å². The minimum atomic E-state index is -0.00137. The van der Waals surface area contributed by atoms with E-state index < -0.39 is 0 Å². The number of hydrogen-bond acceptors (Lipinski definition) is 1. The summed E-state index contributed by atoms with van der Waals surface area (Å²) < 4.78 is 1.63. The van der Waals surface area contributed by atoms with Crippen LogP contribution in [0.3, 0.4) is 0 Å². The van der Waals surface area contributed by atoms with Crippen LogP contribution in [0.5, 0.6) is 0 Å². The maximum Gasteiger partial charge on any atom is 0.253 e. The molecule has 0 amide bonds.